The van der Waals surface area contributed by atoms with Crippen molar-refractivity contribution < 1.29 is 8.42 Å². The highest BCUT2D eigenvalue weighted by Crippen LogP contribution is 2.12. The van der Waals surface area contributed by atoms with E-state index in [1.807, 2.05) is 6.07 Å². The zero-order valence-electron chi connectivity index (χ0n) is 10.9. The molecule has 5 nitrogen and oxygen atoms in total. The van der Waals surface area contributed by atoms with Crippen LogP contribution in [0.25, 0.3) is 0 Å². The number of nitrogens with one attached hydrogen (secondary N) is 1. The molecule has 0 saturated carbocycles. The van der Waals surface area contributed by atoms with Gasteiger partial charge in [-0.2, -0.15) is 5.26 Å². The van der Waals surface area contributed by atoms with E-state index in [1.54, 1.807) is 36.4 Å². The predicted octanol–water partition coefficient (Wildman–Crippen LogP) is 1.97. The van der Waals surface area contributed by atoms with Crippen LogP contribution in [-0.2, 0) is 16.4 Å². The first-order chi connectivity index (χ1) is 9.49. The Balaban J connectivity index is 2.02. The maximum atomic E-state index is 11.3. The highest BCUT2D eigenvalue weighted by atomic mass is 32.2. The molecule has 0 unspecified atom stereocenters. The molecule has 0 spiro atoms. The van der Waals surface area contributed by atoms with E-state index in [-0.39, 0.29) is 0 Å². The van der Waals surface area contributed by atoms with Gasteiger partial charge in [0.25, 0.3) is 0 Å². The molecule has 0 aliphatic carbocycles. The summed E-state index contributed by atoms with van der Waals surface area (Å²) in [5, 5.41) is 11.8. The minimum absolute atomic E-state index is 0.303. The van der Waals surface area contributed by atoms with Crippen molar-refractivity contribution in [1.82, 2.24) is 4.98 Å². The number of rotatable bonds is 4. The molecule has 2 aromatic rings. The SMILES string of the molecule is CS(=O)(=O)c1ccc(CNc2ccc(C#N)cn2)cc1. The topological polar surface area (TPSA) is 82.9 Å². The lowest BCUT2D eigenvalue weighted by Crippen LogP contribution is -2.02. The van der Waals surface area contributed by atoms with Crippen LogP contribution in [0, 0.1) is 11.3 Å². The zero-order valence-corrected chi connectivity index (χ0v) is 11.7. The first kappa shape index (κ1) is 14.0. The largest absolute Gasteiger partial charge is 0.366 e. The second-order valence-electron chi connectivity index (χ2n) is 4.31. The van der Waals surface area contributed by atoms with Gasteiger partial charge >= 0.3 is 0 Å². The van der Waals surface area contributed by atoms with Gasteiger partial charge < -0.3 is 5.32 Å². The fourth-order valence-corrected chi connectivity index (χ4v) is 2.24. The van der Waals surface area contributed by atoms with Crippen LogP contribution < -0.4 is 5.32 Å². The summed E-state index contributed by atoms with van der Waals surface area (Å²) < 4.78 is 22.7. The van der Waals surface area contributed by atoms with Crippen molar-refractivity contribution in [2.45, 2.75) is 11.4 Å². The third-order valence-corrected chi connectivity index (χ3v) is 3.85. The lowest BCUT2D eigenvalue weighted by Gasteiger charge is -2.06. The molecule has 1 aromatic heterocycles. The van der Waals surface area contributed by atoms with Gasteiger partial charge in [0.15, 0.2) is 9.84 Å². The summed E-state index contributed by atoms with van der Waals surface area (Å²) in [6, 6.07) is 12.1. The highest BCUT2D eigenvalue weighted by molar-refractivity contribution is 7.90. The third-order valence-electron chi connectivity index (χ3n) is 2.72. The molecule has 2 rings (SSSR count). The second-order valence-corrected chi connectivity index (χ2v) is 6.33. The summed E-state index contributed by atoms with van der Waals surface area (Å²) in [7, 11) is -3.16. The maximum absolute atomic E-state index is 11.3. The Morgan fingerprint density at radius 2 is 1.90 bits per heavy atom. The number of pyridine rings is 1. The number of hydrogen-bond acceptors (Lipinski definition) is 5. The number of sulfone groups is 1. The van der Waals surface area contributed by atoms with E-state index in [2.05, 4.69) is 10.3 Å². The molecule has 0 saturated heterocycles. The first-order valence-electron chi connectivity index (χ1n) is 5.88. The van der Waals surface area contributed by atoms with E-state index in [0.29, 0.717) is 22.8 Å². The van der Waals surface area contributed by atoms with Crippen molar-refractivity contribution in [2.24, 2.45) is 0 Å². The van der Waals surface area contributed by atoms with E-state index < -0.39 is 9.84 Å². The quantitative estimate of drug-likeness (QED) is 0.929. The maximum Gasteiger partial charge on any atom is 0.175 e. The molecule has 0 aliphatic rings. The van der Waals surface area contributed by atoms with Crippen molar-refractivity contribution in [2.75, 3.05) is 11.6 Å². The van der Waals surface area contributed by atoms with E-state index >= 15 is 0 Å². The van der Waals surface area contributed by atoms with Gasteiger partial charge in [-0.25, -0.2) is 13.4 Å². The standard InChI is InChI=1S/C14H13N3O2S/c1-20(18,19)13-5-2-11(3-6-13)9-16-14-7-4-12(8-15)10-17-14/h2-7,10H,9H2,1H3,(H,16,17). The molecular formula is C14H13N3O2S. The Hall–Kier alpha value is -2.39. The van der Waals surface area contributed by atoms with Crippen LogP contribution in [0.3, 0.4) is 0 Å². The number of anilines is 1. The van der Waals surface area contributed by atoms with E-state index in [9.17, 15) is 8.42 Å². The summed E-state index contributed by atoms with van der Waals surface area (Å²) >= 11 is 0. The lowest BCUT2D eigenvalue weighted by atomic mass is 10.2. The third kappa shape index (κ3) is 3.56. The van der Waals surface area contributed by atoms with Crippen LogP contribution in [0.1, 0.15) is 11.1 Å². The Labute approximate surface area is 117 Å². The minimum atomic E-state index is -3.16. The Bertz CT molecular complexity index is 729. The number of nitrogens with zero attached hydrogens (tertiary/aromatic N) is 2. The lowest BCUT2D eigenvalue weighted by molar-refractivity contribution is 0.602. The van der Waals surface area contributed by atoms with Gasteiger partial charge in [-0.1, -0.05) is 12.1 Å². The van der Waals surface area contributed by atoms with Crippen LogP contribution in [0.2, 0.25) is 0 Å². The number of benzene rings is 1. The smallest absolute Gasteiger partial charge is 0.175 e. The summed E-state index contributed by atoms with van der Waals surface area (Å²) in [4.78, 5) is 4.40. The average Bonchev–Trinajstić information content (AvgIpc) is 2.45. The van der Waals surface area contributed by atoms with Gasteiger partial charge in [-0.05, 0) is 29.8 Å². The average molecular weight is 287 g/mol. The molecule has 1 aromatic carbocycles. The van der Waals surface area contributed by atoms with Crippen LogP contribution in [0.4, 0.5) is 5.82 Å². The van der Waals surface area contributed by atoms with Gasteiger partial charge in [0.1, 0.15) is 11.9 Å². The molecule has 1 N–H and O–H groups in total. The Morgan fingerprint density at radius 1 is 1.20 bits per heavy atom. The van der Waals surface area contributed by atoms with Crippen molar-refractivity contribution in [3.63, 3.8) is 0 Å². The molecule has 0 radical (unpaired) electrons. The zero-order chi connectivity index (χ0) is 14.6. The molecule has 102 valence electrons. The molecule has 0 amide bonds. The van der Waals surface area contributed by atoms with Gasteiger partial charge in [-0.3, -0.25) is 0 Å². The molecule has 1 heterocycles. The van der Waals surface area contributed by atoms with Gasteiger partial charge in [0.05, 0.1) is 10.5 Å². The van der Waals surface area contributed by atoms with Crippen LogP contribution in [0.5, 0.6) is 0 Å². The fourth-order valence-electron chi connectivity index (χ4n) is 1.61. The Morgan fingerprint density at radius 3 is 2.40 bits per heavy atom. The molecule has 0 bridgehead atoms. The van der Waals surface area contributed by atoms with E-state index in [1.165, 1.54) is 12.5 Å². The minimum Gasteiger partial charge on any atom is -0.366 e. The van der Waals surface area contributed by atoms with Crippen molar-refractivity contribution in [3.8, 4) is 6.07 Å². The second kappa shape index (κ2) is 5.72. The summed E-state index contributed by atoms with van der Waals surface area (Å²) in [6.07, 6.45) is 2.68. The normalized spacial score (nSPS) is 10.8. The number of hydrogen-bond donors (Lipinski definition) is 1. The Kier molecular flexibility index (Phi) is 4.01. The fraction of sp³-hybridized carbons (Fsp3) is 0.143. The van der Waals surface area contributed by atoms with Crippen LogP contribution in [0.15, 0.2) is 47.5 Å². The summed E-state index contributed by atoms with van der Waals surface area (Å²) in [6.45, 7) is 0.531. The molecule has 0 fully saturated rings. The molecule has 6 heteroatoms. The van der Waals surface area contributed by atoms with Gasteiger partial charge in [0, 0.05) is 19.0 Å². The van der Waals surface area contributed by atoms with Crippen molar-refractivity contribution in [3.05, 3.63) is 53.7 Å². The van der Waals surface area contributed by atoms with E-state index in [4.69, 9.17) is 5.26 Å². The van der Waals surface area contributed by atoms with Crippen molar-refractivity contribution >= 4 is 15.7 Å². The van der Waals surface area contributed by atoms with Crippen LogP contribution in [-0.4, -0.2) is 19.7 Å². The van der Waals surface area contributed by atoms with Crippen molar-refractivity contribution in [1.29, 1.82) is 5.26 Å². The molecule has 0 atom stereocenters. The molecular weight excluding hydrogens is 274 g/mol. The first-order valence-corrected chi connectivity index (χ1v) is 7.77. The number of nitriles is 1. The molecule has 0 aliphatic heterocycles. The number of aromatic nitrogens is 1. The highest BCUT2D eigenvalue weighted by Gasteiger charge is 2.05. The van der Waals surface area contributed by atoms with Gasteiger partial charge in [0.2, 0.25) is 0 Å². The predicted molar refractivity (Wildman–Crippen MR) is 75.8 cm³/mol. The summed E-state index contributed by atoms with van der Waals surface area (Å²) in [5.41, 5.74) is 1.46. The monoisotopic (exact) mass is 287 g/mol. The van der Waals surface area contributed by atoms with Gasteiger partial charge in [-0.15, -0.1) is 0 Å². The molecule has 20 heavy (non-hydrogen) atoms. The van der Waals surface area contributed by atoms with E-state index in [0.717, 1.165) is 5.56 Å². The summed E-state index contributed by atoms with van der Waals surface area (Å²) in [5.74, 6) is 0.663. The van der Waals surface area contributed by atoms with Crippen LogP contribution >= 0.6 is 0 Å².